The molecule has 1 aliphatic rings. The Balaban J connectivity index is 2.19. The summed E-state index contributed by atoms with van der Waals surface area (Å²) in [4.78, 5) is 10.8. The average molecular weight is 247 g/mol. The van der Waals surface area contributed by atoms with E-state index in [0.29, 0.717) is 19.0 Å². The molecular weight excluding hydrogens is 234 g/mol. The number of benzene rings is 1. The first-order valence-corrected chi connectivity index (χ1v) is 5.76. The highest BCUT2D eigenvalue weighted by Gasteiger charge is 2.16. The summed E-state index contributed by atoms with van der Waals surface area (Å²) in [5, 5.41) is 9.90. The van der Waals surface area contributed by atoms with Gasteiger partial charge in [-0.15, -0.1) is 0 Å². The van der Waals surface area contributed by atoms with E-state index in [9.17, 15) is 4.79 Å². The number of nitrogens with zero attached hydrogens (tertiary/aromatic N) is 1. The largest absolute Gasteiger partial charge is 0.486 e. The van der Waals surface area contributed by atoms with Gasteiger partial charge in [0.05, 0.1) is 5.52 Å². The molecule has 94 valence electrons. The van der Waals surface area contributed by atoms with Crippen LogP contribution >= 0.6 is 0 Å². The van der Waals surface area contributed by atoms with Crippen LogP contribution in [0.1, 0.15) is 5.56 Å². The standard InChI is InChI=1S/C13H13NO4/c1-8-6-14(7-13(15)16)10-5-12-11(4-9(8)10)17-2-3-18-12/h4-6H,2-3,7H2,1H3,(H,15,16). The Hall–Kier alpha value is -2.17. The number of hydrogen-bond donors (Lipinski definition) is 1. The van der Waals surface area contributed by atoms with Crippen LogP contribution in [0.5, 0.6) is 11.5 Å². The lowest BCUT2D eigenvalue weighted by atomic mass is 10.1. The quantitative estimate of drug-likeness (QED) is 0.879. The van der Waals surface area contributed by atoms with Gasteiger partial charge in [0.2, 0.25) is 0 Å². The van der Waals surface area contributed by atoms with Crippen molar-refractivity contribution in [2.45, 2.75) is 13.5 Å². The van der Waals surface area contributed by atoms with Crippen LogP contribution in [0.25, 0.3) is 10.9 Å². The first kappa shape index (κ1) is 11.0. The minimum Gasteiger partial charge on any atom is -0.486 e. The fourth-order valence-electron chi connectivity index (χ4n) is 2.28. The molecule has 0 radical (unpaired) electrons. The Labute approximate surface area is 104 Å². The van der Waals surface area contributed by atoms with Gasteiger partial charge in [0, 0.05) is 17.6 Å². The lowest BCUT2D eigenvalue weighted by Gasteiger charge is -2.18. The molecule has 2 aromatic rings. The van der Waals surface area contributed by atoms with E-state index in [0.717, 1.165) is 22.2 Å². The first-order valence-electron chi connectivity index (χ1n) is 5.76. The smallest absolute Gasteiger partial charge is 0.323 e. The van der Waals surface area contributed by atoms with Gasteiger partial charge in [0.15, 0.2) is 11.5 Å². The zero-order valence-electron chi connectivity index (χ0n) is 9.97. The topological polar surface area (TPSA) is 60.7 Å². The number of carbonyl (C=O) groups is 1. The molecular formula is C13H13NO4. The van der Waals surface area contributed by atoms with Crippen molar-refractivity contribution in [3.05, 3.63) is 23.9 Å². The average Bonchev–Trinajstić information content (AvgIpc) is 2.63. The number of hydrogen-bond acceptors (Lipinski definition) is 3. The van der Waals surface area contributed by atoms with Gasteiger partial charge < -0.3 is 19.1 Å². The van der Waals surface area contributed by atoms with Gasteiger partial charge in [-0.05, 0) is 18.6 Å². The maximum atomic E-state index is 10.8. The SMILES string of the molecule is Cc1cn(CC(=O)O)c2cc3c(cc12)OCCO3. The number of carboxylic acids is 1. The molecule has 0 bridgehead atoms. The van der Waals surface area contributed by atoms with Crippen molar-refractivity contribution in [1.29, 1.82) is 0 Å². The van der Waals surface area contributed by atoms with Gasteiger partial charge in [0.25, 0.3) is 0 Å². The van der Waals surface area contributed by atoms with E-state index in [4.69, 9.17) is 14.6 Å². The summed E-state index contributed by atoms with van der Waals surface area (Å²) in [6, 6.07) is 3.76. The van der Waals surface area contributed by atoms with E-state index >= 15 is 0 Å². The Morgan fingerprint density at radius 1 is 1.33 bits per heavy atom. The predicted molar refractivity (Wildman–Crippen MR) is 65.3 cm³/mol. The van der Waals surface area contributed by atoms with Crippen molar-refractivity contribution < 1.29 is 19.4 Å². The number of aryl methyl sites for hydroxylation is 1. The van der Waals surface area contributed by atoms with E-state index in [1.807, 2.05) is 25.3 Å². The van der Waals surface area contributed by atoms with Crippen LogP contribution < -0.4 is 9.47 Å². The molecule has 0 amide bonds. The van der Waals surface area contributed by atoms with Crippen LogP contribution in [0.4, 0.5) is 0 Å². The maximum absolute atomic E-state index is 10.8. The van der Waals surface area contributed by atoms with Crippen molar-refractivity contribution in [3.8, 4) is 11.5 Å². The van der Waals surface area contributed by atoms with Crippen LogP contribution in [0.2, 0.25) is 0 Å². The van der Waals surface area contributed by atoms with Gasteiger partial charge in [-0.3, -0.25) is 4.79 Å². The number of aromatic nitrogens is 1. The minimum atomic E-state index is -0.859. The van der Waals surface area contributed by atoms with Crippen LogP contribution in [0.3, 0.4) is 0 Å². The van der Waals surface area contributed by atoms with Crippen molar-refractivity contribution in [1.82, 2.24) is 4.57 Å². The van der Waals surface area contributed by atoms with Gasteiger partial charge in [-0.2, -0.15) is 0 Å². The fourth-order valence-corrected chi connectivity index (χ4v) is 2.28. The van der Waals surface area contributed by atoms with E-state index in [2.05, 4.69) is 0 Å². The van der Waals surface area contributed by atoms with Crippen LogP contribution in [-0.4, -0.2) is 28.9 Å². The summed E-state index contributed by atoms with van der Waals surface area (Å²) in [7, 11) is 0. The monoisotopic (exact) mass is 247 g/mol. The molecule has 0 spiro atoms. The van der Waals surface area contributed by atoms with Gasteiger partial charge in [0.1, 0.15) is 19.8 Å². The van der Waals surface area contributed by atoms with Gasteiger partial charge in [-0.25, -0.2) is 0 Å². The normalized spacial score (nSPS) is 13.8. The zero-order valence-corrected chi connectivity index (χ0v) is 9.97. The molecule has 18 heavy (non-hydrogen) atoms. The van der Waals surface area contributed by atoms with Crippen LogP contribution in [0, 0.1) is 6.92 Å². The summed E-state index contributed by atoms with van der Waals surface area (Å²) < 4.78 is 12.8. The molecule has 5 nitrogen and oxygen atoms in total. The molecule has 1 N–H and O–H groups in total. The molecule has 0 saturated heterocycles. The third kappa shape index (κ3) is 1.68. The molecule has 0 saturated carbocycles. The van der Waals surface area contributed by atoms with Crippen molar-refractivity contribution in [2.24, 2.45) is 0 Å². The van der Waals surface area contributed by atoms with Crippen LogP contribution in [-0.2, 0) is 11.3 Å². The number of carboxylic acid groups (broad SMARTS) is 1. The number of rotatable bonds is 2. The second-order valence-corrected chi connectivity index (χ2v) is 4.35. The molecule has 0 unspecified atom stereocenters. The summed E-state index contributed by atoms with van der Waals surface area (Å²) >= 11 is 0. The molecule has 1 aromatic carbocycles. The lowest BCUT2D eigenvalue weighted by Crippen LogP contribution is -2.15. The van der Waals surface area contributed by atoms with Crippen molar-refractivity contribution in [3.63, 3.8) is 0 Å². The third-order valence-electron chi connectivity index (χ3n) is 3.05. The fraction of sp³-hybridized carbons (Fsp3) is 0.308. The highest BCUT2D eigenvalue weighted by atomic mass is 16.6. The Kier molecular flexibility index (Phi) is 2.40. The maximum Gasteiger partial charge on any atom is 0.323 e. The highest BCUT2D eigenvalue weighted by Crippen LogP contribution is 2.36. The summed E-state index contributed by atoms with van der Waals surface area (Å²) in [5.41, 5.74) is 1.89. The van der Waals surface area contributed by atoms with E-state index in [1.54, 1.807) is 4.57 Å². The van der Waals surface area contributed by atoms with Gasteiger partial charge in [-0.1, -0.05) is 0 Å². The van der Waals surface area contributed by atoms with Gasteiger partial charge >= 0.3 is 5.97 Å². The van der Waals surface area contributed by atoms with Crippen molar-refractivity contribution >= 4 is 16.9 Å². The molecule has 3 rings (SSSR count). The Morgan fingerprint density at radius 2 is 2.00 bits per heavy atom. The molecule has 1 aliphatic heterocycles. The number of ether oxygens (including phenoxy) is 2. The summed E-state index contributed by atoms with van der Waals surface area (Å²) in [5.74, 6) is 0.546. The lowest BCUT2D eigenvalue weighted by molar-refractivity contribution is -0.137. The second-order valence-electron chi connectivity index (χ2n) is 4.35. The van der Waals surface area contributed by atoms with Crippen molar-refractivity contribution in [2.75, 3.05) is 13.2 Å². The Bertz CT molecular complexity index is 629. The predicted octanol–water partition coefficient (Wildman–Crippen LogP) is 1.81. The first-order chi connectivity index (χ1) is 8.65. The second kappa shape index (κ2) is 3.94. The molecule has 5 heteroatoms. The molecule has 0 fully saturated rings. The minimum absolute atomic E-state index is 0.0516. The van der Waals surface area contributed by atoms with Crippen LogP contribution in [0.15, 0.2) is 18.3 Å². The number of aliphatic carboxylic acids is 1. The zero-order chi connectivity index (χ0) is 12.7. The van der Waals surface area contributed by atoms with E-state index < -0.39 is 5.97 Å². The third-order valence-corrected chi connectivity index (χ3v) is 3.05. The molecule has 1 aromatic heterocycles. The molecule has 0 aliphatic carbocycles. The highest BCUT2D eigenvalue weighted by molar-refractivity contribution is 5.88. The Morgan fingerprint density at radius 3 is 2.67 bits per heavy atom. The van der Waals surface area contributed by atoms with E-state index in [-0.39, 0.29) is 6.54 Å². The molecule has 0 atom stereocenters. The van der Waals surface area contributed by atoms with E-state index in [1.165, 1.54) is 0 Å². The molecule has 2 heterocycles. The summed E-state index contributed by atoms with van der Waals surface area (Å²) in [6.07, 6.45) is 1.84. The summed E-state index contributed by atoms with van der Waals surface area (Å²) in [6.45, 7) is 2.98. The number of fused-ring (bicyclic) bond motifs is 2.